The van der Waals surface area contributed by atoms with Crippen molar-refractivity contribution in [2.24, 2.45) is 0 Å². The summed E-state index contributed by atoms with van der Waals surface area (Å²) in [6, 6.07) is 21.2. The van der Waals surface area contributed by atoms with Gasteiger partial charge in [-0.25, -0.2) is 4.39 Å². The van der Waals surface area contributed by atoms with Crippen LogP contribution in [-0.4, -0.2) is 5.91 Å². The Hall–Kier alpha value is -3.73. The van der Waals surface area contributed by atoms with Crippen LogP contribution in [0.1, 0.15) is 27.7 Å². The lowest BCUT2D eigenvalue weighted by molar-refractivity contribution is 0.0971. The predicted octanol–water partition coefficient (Wildman–Crippen LogP) is 4.68. The number of fused-ring (bicyclic) bond motifs is 2. The first kappa shape index (κ1) is 16.4. The van der Waals surface area contributed by atoms with Gasteiger partial charge in [-0.1, -0.05) is 42.5 Å². The van der Waals surface area contributed by atoms with Crippen LogP contribution in [0.5, 0.6) is 0 Å². The Morgan fingerprint density at radius 2 is 1.50 bits per heavy atom. The number of benzene rings is 3. The maximum atomic E-state index is 13.4. The average molecular weight is 371 g/mol. The van der Waals surface area contributed by atoms with Gasteiger partial charge in [-0.2, -0.15) is 0 Å². The lowest BCUT2D eigenvalue weighted by Crippen LogP contribution is -2.29. The van der Waals surface area contributed by atoms with Crippen molar-refractivity contribution in [3.63, 3.8) is 0 Å². The summed E-state index contributed by atoms with van der Waals surface area (Å²) >= 11 is 0. The van der Waals surface area contributed by atoms with E-state index in [9.17, 15) is 14.0 Å². The summed E-state index contributed by atoms with van der Waals surface area (Å²) in [4.78, 5) is 28.0. The highest BCUT2D eigenvalue weighted by atomic mass is 19.1. The van der Waals surface area contributed by atoms with E-state index in [0.29, 0.717) is 22.2 Å². The zero-order valence-electron chi connectivity index (χ0n) is 14.6. The Bertz CT molecular complexity index is 1260. The minimum absolute atomic E-state index is 0.0295. The third-order valence-electron chi connectivity index (χ3n) is 5.00. The van der Waals surface area contributed by atoms with Crippen molar-refractivity contribution in [2.75, 3.05) is 4.90 Å². The molecule has 0 radical (unpaired) electrons. The van der Waals surface area contributed by atoms with Crippen molar-refractivity contribution in [2.45, 2.75) is 6.04 Å². The molecule has 2 heterocycles. The smallest absolute Gasteiger partial charge is 0.295 e. The molecule has 136 valence electrons. The van der Waals surface area contributed by atoms with Crippen LogP contribution < -0.4 is 10.3 Å². The molecular formula is C23H14FNO3. The molecule has 3 aromatic carbocycles. The van der Waals surface area contributed by atoms with Crippen LogP contribution in [0.25, 0.3) is 11.0 Å². The Kier molecular flexibility index (Phi) is 3.62. The zero-order valence-corrected chi connectivity index (χ0v) is 14.6. The molecular weight excluding hydrogens is 357 g/mol. The minimum atomic E-state index is -0.644. The third kappa shape index (κ3) is 2.36. The fourth-order valence-electron chi connectivity index (χ4n) is 3.74. The van der Waals surface area contributed by atoms with Crippen LogP contribution >= 0.6 is 0 Å². The molecule has 28 heavy (non-hydrogen) atoms. The molecule has 4 aromatic rings. The molecule has 1 aromatic heterocycles. The van der Waals surface area contributed by atoms with Crippen LogP contribution in [0.15, 0.2) is 88.1 Å². The summed E-state index contributed by atoms with van der Waals surface area (Å²) in [5.41, 5.74) is 1.71. The van der Waals surface area contributed by atoms with Crippen LogP contribution in [0, 0.1) is 5.82 Å². The topological polar surface area (TPSA) is 50.5 Å². The first-order valence-corrected chi connectivity index (χ1v) is 8.85. The second-order valence-corrected chi connectivity index (χ2v) is 6.63. The van der Waals surface area contributed by atoms with Gasteiger partial charge in [-0.15, -0.1) is 0 Å². The predicted molar refractivity (Wildman–Crippen MR) is 104 cm³/mol. The molecule has 0 spiro atoms. The summed E-state index contributed by atoms with van der Waals surface area (Å²) in [6.07, 6.45) is 0. The molecule has 1 amide bonds. The molecule has 0 bridgehead atoms. The summed E-state index contributed by atoms with van der Waals surface area (Å²) in [5, 5.41) is 0.427. The van der Waals surface area contributed by atoms with Crippen molar-refractivity contribution < 1.29 is 13.6 Å². The Balaban J connectivity index is 1.82. The molecule has 1 aliphatic rings. The zero-order chi connectivity index (χ0) is 19.3. The first-order valence-electron chi connectivity index (χ1n) is 8.85. The quantitative estimate of drug-likeness (QED) is 0.514. The number of halogens is 1. The van der Waals surface area contributed by atoms with E-state index in [1.807, 2.05) is 30.3 Å². The SMILES string of the molecule is O=C1c2oc3ccccc3c(=O)c2C(c2ccccc2)N1c1ccc(F)cc1. The van der Waals surface area contributed by atoms with E-state index in [1.165, 1.54) is 29.2 Å². The maximum absolute atomic E-state index is 13.4. The number of nitrogens with zero attached hydrogens (tertiary/aromatic N) is 1. The van der Waals surface area contributed by atoms with E-state index in [4.69, 9.17) is 4.42 Å². The van der Waals surface area contributed by atoms with Crippen molar-refractivity contribution >= 4 is 22.6 Å². The van der Waals surface area contributed by atoms with Crippen molar-refractivity contribution in [1.82, 2.24) is 0 Å². The molecule has 0 saturated heterocycles. The number of anilines is 1. The van der Waals surface area contributed by atoms with E-state index in [-0.39, 0.29) is 11.2 Å². The largest absolute Gasteiger partial charge is 0.450 e. The van der Waals surface area contributed by atoms with Gasteiger partial charge in [0.1, 0.15) is 11.4 Å². The van der Waals surface area contributed by atoms with Crippen LogP contribution in [0.4, 0.5) is 10.1 Å². The third-order valence-corrected chi connectivity index (χ3v) is 5.00. The fraction of sp³-hybridized carbons (Fsp3) is 0.0435. The lowest BCUT2D eigenvalue weighted by atomic mass is 9.98. The number of rotatable bonds is 2. The Morgan fingerprint density at radius 3 is 2.25 bits per heavy atom. The maximum Gasteiger partial charge on any atom is 0.295 e. The number of hydrogen-bond donors (Lipinski definition) is 0. The molecule has 0 saturated carbocycles. The average Bonchev–Trinajstić information content (AvgIpc) is 3.02. The van der Waals surface area contributed by atoms with Gasteiger partial charge in [0.2, 0.25) is 5.76 Å². The normalized spacial score (nSPS) is 15.8. The van der Waals surface area contributed by atoms with Gasteiger partial charge in [0, 0.05) is 5.69 Å². The number of hydrogen-bond acceptors (Lipinski definition) is 3. The molecule has 0 aliphatic carbocycles. The second-order valence-electron chi connectivity index (χ2n) is 6.63. The van der Waals surface area contributed by atoms with E-state index >= 15 is 0 Å². The van der Waals surface area contributed by atoms with E-state index in [1.54, 1.807) is 24.3 Å². The number of carbonyl (C=O) groups is 1. The van der Waals surface area contributed by atoms with Gasteiger partial charge in [-0.05, 0) is 42.0 Å². The molecule has 5 heteroatoms. The summed E-state index contributed by atoms with van der Waals surface area (Å²) in [7, 11) is 0. The molecule has 1 unspecified atom stereocenters. The molecule has 0 fully saturated rings. The number of para-hydroxylation sites is 1. The highest BCUT2D eigenvalue weighted by molar-refractivity contribution is 6.10. The van der Waals surface area contributed by atoms with E-state index in [0.717, 1.165) is 5.56 Å². The summed E-state index contributed by atoms with van der Waals surface area (Å²) < 4.78 is 19.3. The lowest BCUT2D eigenvalue weighted by Gasteiger charge is -2.25. The Labute approximate surface area is 159 Å². The minimum Gasteiger partial charge on any atom is -0.450 e. The fourth-order valence-corrected chi connectivity index (χ4v) is 3.74. The van der Waals surface area contributed by atoms with E-state index in [2.05, 4.69) is 0 Å². The van der Waals surface area contributed by atoms with Crippen molar-refractivity contribution in [3.8, 4) is 0 Å². The van der Waals surface area contributed by atoms with Gasteiger partial charge in [0.05, 0.1) is 17.0 Å². The molecule has 0 N–H and O–H groups in total. The van der Waals surface area contributed by atoms with Crippen LogP contribution in [0.3, 0.4) is 0 Å². The standard InChI is InChI=1S/C23H14FNO3/c24-15-10-12-16(13-11-15)25-20(14-6-2-1-3-7-14)19-21(26)17-8-4-5-9-18(17)28-22(19)23(25)27/h1-13,20H. The molecule has 5 rings (SSSR count). The number of amides is 1. The van der Waals surface area contributed by atoms with Gasteiger partial charge in [-0.3, -0.25) is 14.5 Å². The van der Waals surface area contributed by atoms with Gasteiger partial charge in [0.15, 0.2) is 5.43 Å². The second kappa shape index (κ2) is 6.16. The van der Waals surface area contributed by atoms with Gasteiger partial charge >= 0.3 is 0 Å². The van der Waals surface area contributed by atoms with E-state index < -0.39 is 17.8 Å². The summed E-state index contributed by atoms with van der Waals surface area (Å²) in [5.74, 6) is -0.788. The molecule has 1 atom stereocenters. The van der Waals surface area contributed by atoms with Gasteiger partial charge in [0.25, 0.3) is 5.91 Å². The Morgan fingerprint density at radius 1 is 0.821 bits per heavy atom. The molecule has 1 aliphatic heterocycles. The highest BCUT2D eigenvalue weighted by Gasteiger charge is 2.43. The monoisotopic (exact) mass is 371 g/mol. The van der Waals surface area contributed by atoms with Crippen LogP contribution in [-0.2, 0) is 0 Å². The van der Waals surface area contributed by atoms with Gasteiger partial charge < -0.3 is 4.42 Å². The number of carbonyl (C=O) groups excluding carboxylic acids is 1. The summed E-state index contributed by atoms with van der Waals surface area (Å²) in [6.45, 7) is 0. The highest BCUT2D eigenvalue weighted by Crippen LogP contribution is 2.41. The van der Waals surface area contributed by atoms with Crippen molar-refractivity contribution in [1.29, 1.82) is 0 Å². The van der Waals surface area contributed by atoms with Crippen molar-refractivity contribution in [3.05, 3.63) is 112 Å². The van der Waals surface area contributed by atoms with Crippen LogP contribution in [0.2, 0.25) is 0 Å². The molecule has 4 nitrogen and oxygen atoms in total. The first-order chi connectivity index (χ1) is 13.6.